The second-order valence-corrected chi connectivity index (χ2v) is 1.75. The SMILES string of the molecule is O=c1cc(CO)occ1O.OO. The van der Waals surface area contributed by atoms with Gasteiger partial charge in [0.05, 0.1) is 0 Å². The second kappa shape index (κ2) is 5.30. The van der Waals surface area contributed by atoms with Crippen molar-refractivity contribution in [1.82, 2.24) is 0 Å². The quantitative estimate of drug-likeness (QED) is 0.350. The summed E-state index contributed by atoms with van der Waals surface area (Å²) in [6.45, 7) is -0.338. The van der Waals surface area contributed by atoms with Crippen LogP contribution in [0.2, 0.25) is 0 Å². The fourth-order valence-corrected chi connectivity index (χ4v) is 0.527. The Morgan fingerprint density at radius 3 is 2.42 bits per heavy atom. The van der Waals surface area contributed by atoms with Crippen molar-refractivity contribution in [3.05, 3.63) is 28.3 Å². The van der Waals surface area contributed by atoms with Gasteiger partial charge in [0.1, 0.15) is 18.6 Å². The Labute approximate surface area is 66.9 Å². The van der Waals surface area contributed by atoms with Crippen LogP contribution in [0.1, 0.15) is 5.76 Å². The Morgan fingerprint density at radius 2 is 2.00 bits per heavy atom. The molecule has 0 aromatic carbocycles. The standard InChI is InChI=1S/C6H6O4.H2O2/c7-2-4-1-5(8)6(9)3-10-4;1-2/h1,3,7,9H,2H2;1-2H. The Bertz CT molecular complexity index is 278. The second-order valence-electron chi connectivity index (χ2n) is 1.75. The molecule has 0 spiro atoms. The number of hydrogen-bond acceptors (Lipinski definition) is 6. The Kier molecular flexibility index (Phi) is 4.70. The minimum atomic E-state index is -0.546. The van der Waals surface area contributed by atoms with E-state index in [1.54, 1.807) is 0 Å². The third-order valence-corrected chi connectivity index (χ3v) is 1.02. The minimum absolute atomic E-state index is 0.141. The van der Waals surface area contributed by atoms with Crippen molar-refractivity contribution in [3.63, 3.8) is 0 Å². The molecule has 12 heavy (non-hydrogen) atoms. The van der Waals surface area contributed by atoms with Gasteiger partial charge in [0, 0.05) is 6.07 Å². The van der Waals surface area contributed by atoms with Crippen molar-refractivity contribution >= 4 is 0 Å². The highest BCUT2D eigenvalue weighted by Gasteiger charge is 1.98. The molecule has 0 saturated carbocycles. The van der Waals surface area contributed by atoms with Crippen molar-refractivity contribution in [3.8, 4) is 5.75 Å². The van der Waals surface area contributed by atoms with Gasteiger partial charge in [-0.05, 0) is 0 Å². The zero-order valence-corrected chi connectivity index (χ0v) is 5.97. The molecule has 0 fully saturated rings. The van der Waals surface area contributed by atoms with Gasteiger partial charge in [-0.1, -0.05) is 0 Å². The molecule has 1 aromatic rings. The molecule has 68 valence electrons. The van der Waals surface area contributed by atoms with Gasteiger partial charge in [-0.25, -0.2) is 0 Å². The van der Waals surface area contributed by atoms with Crippen molar-refractivity contribution in [2.75, 3.05) is 0 Å². The Hall–Kier alpha value is -1.37. The maximum atomic E-state index is 10.6. The molecule has 6 nitrogen and oxygen atoms in total. The first-order valence-corrected chi connectivity index (χ1v) is 2.85. The molecule has 1 heterocycles. The summed E-state index contributed by atoms with van der Waals surface area (Å²) in [7, 11) is 0. The van der Waals surface area contributed by atoms with Gasteiger partial charge in [0.25, 0.3) is 0 Å². The van der Waals surface area contributed by atoms with E-state index in [2.05, 4.69) is 4.42 Å². The minimum Gasteiger partial charge on any atom is -0.502 e. The molecule has 4 N–H and O–H groups in total. The normalized spacial score (nSPS) is 8.58. The van der Waals surface area contributed by atoms with Gasteiger partial charge in [-0.2, -0.15) is 0 Å². The van der Waals surface area contributed by atoms with E-state index in [4.69, 9.17) is 20.7 Å². The molecule has 0 radical (unpaired) electrons. The Balaban J connectivity index is 0.000000561. The largest absolute Gasteiger partial charge is 0.502 e. The summed E-state index contributed by atoms with van der Waals surface area (Å²) in [6, 6.07) is 1.04. The van der Waals surface area contributed by atoms with Gasteiger partial charge in [0.2, 0.25) is 5.43 Å². The zero-order chi connectivity index (χ0) is 9.56. The molecule has 1 rings (SSSR count). The molecule has 0 amide bonds. The lowest BCUT2D eigenvalue weighted by molar-refractivity contribution is -0.176. The monoisotopic (exact) mass is 176 g/mol. The molecular formula is C6H8O6. The lowest BCUT2D eigenvalue weighted by atomic mass is 10.4. The summed E-state index contributed by atoms with van der Waals surface area (Å²) < 4.78 is 4.59. The van der Waals surface area contributed by atoms with Crippen LogP contribution in [-0.2, 0) is 6.61 Å². The smallest absolute Gasteiger partial charge is 0.226 e. The van der Waals surface area contributed by atoms with E-state index in [0.717, 1.165) is 12.3 Å². The molecule has 0 atom stereocenters. The predicted molar refractivity (Wildman–Crippen MR) is 37.8 cm³/mol. The van der Waals surface area contributed by atoms with Crippen molar-refractivity contribution in [1.29, 1.82) is 0 Å². The summed E-state index contributed by atoms with van der Waals surface area (Å²) in [4.78, 5) is 10.6. The molecule has 0 bridgehead atoms. The molecule has 0 saturated heterocycles. The van der Waals surface area contributed by atoms with E-state index in [1.807, 2.05) is 0 Å². The molecule has 0 aliphatic carbocycles. The predicted octanol–water partition coefficient (Wildman–Crippen LogP) is -0.145. The van der Waals surface area contributed by atoms with Crippen LogP contribution in [0.5, 0.6) is 5.75 Å². The van der Waals surface area contributed by atoms with Crippen LogP contribution in [-0.4, -0.2) is 20.7 Å². The van der Waals surface area contributed by atoms with Crippen molar-refractivity contribution in [2.45, 2.75) is 6.61 Å². The van der Waals surface area contributed by atoms with E-state index < -0.39 is 11.2 Å². The summed E-state index contributed by atoms with van der Waals surface area (Å²) in [6.07, 6.45) is 0.897. The first-order chi connectivity index (χ1) is 5.74. The molecule has 0 aliphatic heterocycles. The van der Waals surface area contributed by atoms with Crippen LogP contribution >= 0.6 is 0 Å². The van der Waals surface area contributed by atoms with Gasteiger partial charge in [-0.15, -0.1) is 0 Å². The fourth-order valence-electron chi connectivity index (χ4n) is 0.527. The van der Waals surface area contributed by atoms with Crippen LogP contribution in [0.25, 0.3) is 0 Å². The molecule has 1 aromatic heterocycles. The van der Waals surface area contributed by atoms with E-state index in [9.17, 15) is 4.79 Å². The maximum Gasteiger partial charge on any atom is 0.226 e. The fraction of sp³-hybridized carbons (Fsp3) is 0.167. The van der Waals surface area contributed by atoms with Gasteiger partial charge in [-0.3, -0.25) is 15.3 Å². The lowest BCUT2D eigenvalue weighted by Crippen LogP contribution is -1.99. The highest BCUT2D eigenvalue weighted by atomic mass is 17.0. The number of hydrogen-bond donors (Lipinski definition) is 4. The first-order valence-electron chi connectivity index (χ1n) is 2.85. The van der Waals surface area contributed by atoms with E-state index in [0.29, 0.717) is 0 Å². The molecule has 6 heteroatoms. The lowest BCUT2D eigenvalue weighted by Gasteiger charge is -1.92. The van der Waals surface area contributed by atoms with E-state index >= 15 is 0 Å². The zero-order valence-electron chi connectivity index (χ0n) is 5.97. The van der Waals surface area contributed by atoms with Gasteiger partial charge >= 0.3 is 0 Å². The summed E-state index contributed by atoms with van der Waals surface area (Å²) in [5.41, 5.74) is -0.546. The summed E-state index contributed by atoms with van der Waals surface area (Å²) >= 11 is 0. The topological polar surface area (TPSA) is 111 Å². The number of aliphatic hydroxyl groups is 1. The molecular weight excluding hydrogens is 168 g/mol. The van der Waals surface area contributed by atoms with Crippen molar-refractivity contribution in [2.24, 2.45) is 0 Å². The number of aliphatic hydroxyl groups excluding tert-OH is 1. The third-order valence-electron chi connectivity index (χ3n) is 1.02. The molecule has 0 unspecified atom stereocenters. The van der Waals surface area contributed by atoms with Gasteiger partial charge < -0.3 is 14.6 Å². The van der Waals surface area contributed by atoms with Crippen LogP contribution in [0, 0.1) is 0 Å². The Morgan fingerprint density at radius 1 is 1.42 bits per heavy atom. The number of aromatic hydroxyl groups is 1. The van der Waals surface area contributed by atoms with Crippen LogP contribution in [0.3, 0.4) is 0 Å². The van der Waals surface area contributed by atoms with Gasteiger partial charge in [0.15, 0.2) is 5.75 Å². The average Bonchev–Trinajstić information content (AvgIpc) is 2.13. The van der Waals surface area contributed by atoms with Crippen molar-refractivity contribution < 1.29 is 25.1 Å². The summed E-state index contributed by atoms with van der Waals surface area (Å²) in [5.74, 6) is -0.306. The number of rotatable bonds is 1. The molecule has 0 aliphatic rings. The highest BCUT2D eigenvalue weighted by Crippen LogP contribution is 2.01. The first kappa shape index (κ1) is 10.6. The van der Waals surface area contributed by atoms with Crippen LogP contribution < -0.4 is 5.43 Å². The van der Waals surface area contributed by atoms with E-state index in [-0.39, 0.29) is 12.4 Å². The summed E-state index contributed by atoms with van der Waals surface area (Å²) in [5, 5.41) is 29.1. The average molecular weight is 176 g/mol. The van der Waals surface area contributed by atoms with Crippen LogP contribution in [0.4, 0.5) is 0 Å². The van der Waals surface area contributed by atoms with E-state index in [1.165, 1.54) is 0 Å². The van der Waals surface area contributed by atoms with Crippen LogP contribution in [0.15, 0.2) is 21.5 Å². The maximum absolute atomic E-state index is 10.6. The highest BCUT2D eigenvalue weighted by molar-refractivity contribution is 5.14. The third kappa shape index (κ3) is 2.70.